The maximum Gasteiger partial charge on any atom is 0.407 e. The number of rotatable bonds is 12. The zero-order valence-electron chi connectivity index (χ0n) is 24.7. The van der Waals surface area contributed by atoms with Crippen LogP contribution < -0.4 is 21.3 Å². The monoisotopic (exact) mass is 653 g/mol. The van der Waals surface area contributed by atoms with E-state index >= 15 is 0 Å². The lowest BCUT2D eigenvalue weighted by Gasteiger charge is -2.30. The molecular weight excluding hydrogens is 620 g/mol. The molecule has 1 aliphatic heterocycles. The Balaban J connectivity index is 1.38. The lowest BCUT2D eigenvalue weighted by Crippen LogP contribution is -2.49. The van der Waals surface area contributed by atoms with E-state index in [0.717, 1.165) is 6.20 Å². The number of morpholine rings is 1. The fourth-order valence-corrected chi connectivity index (χ4v) is 5.07. The molecule has 2 heterocycles. The first kappa shape index (κ1) is 34.7. The number of amides is 2. The summed E-state index contributed by atoms with van der Waals surface area (Å²) >= 11 is 0. The molecule has 0 saturated carbocycles. The molecule has 0 aliphatic carbocycles. The van der Waals surface area contributed by atoms with E-state index < -0.39 is 60.2 Å². The van der Waals surface area contributed by atoms with Crippen LogP contribution in [0.2, 0.25) is 0 Å². The summed E-state index contributed by atoms with van der Waals surface area (Å²) in [7, 11) is 1.57. The number of alkyl carbamates (subject to hydrolysis) is 1. The van der Waals surface area contributed by atoms with Crippen molar-refractivity contribution in [3.63, 3.8) is 0 Å². The largest absolute Gasteiger partial charge is 0.448 e. The molecule has 46 heavy (non-hydrogen) atoms. The quantitative estimate of drug-likeness (QED) is 0.214. The number of halogens is 6. The van der Waals surface area contributed by atoms with Gasteiger partial charge in [0.05, 0.1) is 42.9 Å². The summed E-state index contributed by atoms with van der Waals surface area (Å²) in [6, 6.07) is 9.80. The molecule has 1 aromatic heterocycles. The summed E-state index contributed by atoms with van der Waals surface area (Å²) in [6.45, 7) is -1.33. The summed E-state index contributed by atoms with van der Waals surface area (Å²) < 4.78 is 89.7. The van der Waals surface area contributed by atoms with Crippen LogP contribution in [-0.4, -0.2) is 74.7 Å². The van der Waals surface area contributed by atoms with Crippen LogP contribution in [0.15, 0.2) is 60.9 Å². The normalized spacial score (nSPS) is 17.4. The average Bonchev–Trinajstić information content (AvgIpc) is 3.02. The number of pyridine rings is 1. The van der Waals surface area contributed by atoms with Crippen molar-refractivity contribution >= 4 is 17.7 Å². The van der Waals surface area contributed by atoms with E-state index in [1.165, 1.54) is 54.7 Å². The van der Waals surface area contributed by atoms with Crippen LogP contribution in [-0.2, 0) is 20.7 Å². The number of hydrogen-bond donors (Lipinski definition) is 4. The number of aromatic nitrogens is 1. The summed E-state index contributed by atoms with van der Waals surface area (Å²) in [5.41, 5.74) is 1.51. The third-order valence-corrected chi connectivity index (χ3v) is 7.38. The van der Waals surface area contributed by atoms with Crippen LogP contribution in [0.3, 0.4) is 0 Å². The van der Waals surface area contributed by atoms with Gasteiger partial charge in [-0.15, -0.1) is 0 Å². The zero-order chi connectivity index (χ0) is 33.3. The molecule has 0 radical (unpaired) electrons. The molecule has 248 valence electrons. The Kier molecular flexibility index (Phi) is 12.0. The molecule has 4 N–H and O–H groups in total. The van der Waals surface area contributed by atoms with E-state index in [0.29, 0.717) is 24.1 Å². The predicted octanol–water partition coefficient (Wildman–Crippen LogP) is 4.44. The number of nitrogens with one attached hydrogen (secondary N) is 4. The van der Waals surface area contributed by atoms with E-state index in [-0.39, 0.29) is 37.0 Å². The number of benzene rings is 2. The van der Waals surface area contributed by atoms with Gasteiger partial charge in [0, 0.05) is 18.0 Å². The van der Waals surface area contributed by atoms with E-state index in [4.69, 9.17) is 9.47 Å². The minimum atomic E-state index is -4.56. The molecule has 3 atom stereocenters. The van der Waals surface area contributed by atoms with Gasteiger partial charge in [-0.2, -0.15) is 13.2 Å². The molecule has 15 heteroatoms. The van der Waals surface area contributed by atoms with Crippen LogP contribution in [0.5, 0.6) is 0 Å². The lowest BCUT2D eigenvalue weighted by atomic mass is 9.84. The van der Waals surface area contributed by atoms with Gasteiger partial charge < -0.3 is 30.7 Å². The molecule has 1 fully saturated rings. The van der Waals surface area contributed by atoms with Crippen molar-refractivity contribution in [2.45, 2.75) is 43.1 Å². The first-order valence-electron chi connectivity index (χ1n) is 14.4. The number of anilines is 1. The van der Waals surface area contributed by atoms with Gasteiger partial charge in [-0.05, 0) is 55.3 Å². The van der Waals surface area contributed by atoms with Crippen LogP contribution in [0.25, 0.3) is 0 Å². The Morgan fingerprint density at radius 1 is 1.02 bits per heavy atom. The topological polar surface area (TPSA) is 114 Å². The van der Waals surface area contributed by atoms with Crippen molar-refractivity contribution in [1.82, 2.24) is 20.9 Å². The molecule has 2 amide bonds. The minimum Gasteiger partial charge on any atom is -0.448 e. The van der Waals surface area contributed by atoms with E-state index in [1.54, 1.807) is 12.4 Å². The van der Waals surface area contributed by atoms with Crippen LogP contribution in [0.4, 0.5) is 36.8 Å². The Labute approximate surface area is 261 Å². The van der Waals surface area contributed by atoms with Gasteiger partial charge in [0.15, 0.2) is 0 Å². The van der Waals surface area contributed by atoms with Crippen LogP contribution >= 0.6 is 0 Å². The average molecular weight is 654 g/mol. The Morgan fingerprint density at radius 2 is 1.65 bits per heavy atom. The smallest absolute Gasteiger partial charge is 0.407 e. The molecule has 1 aliphatic rings. The molecule has 2 aromatic carbocycles. The maximum atomic E-state index is 15.0. The van der Waals surface area contributed by atoms with Gasteiger partial charge in [0.25, 0.3) is 0 Å². The summed E-state index contributed by atoms with van der Waals surface area (Å²) in [6.07, 6.45) is -3.30. The highest BCUT2D eigenvalue weighted by molar-refractivity contribution is 5.96. The number of carbonyl (C=O) groups is 2. The second-order valence-corrected chi connectivity index (χ2v) is 10.7. The highest BCUT2D eigenvalue weighted by atomic mass is 19.4. The van der Waals surface area contributed by atoms with Crippen molar-refractivity contribution in [3.8, 4) is 0 Å². The van der Waals surface area contributed by atoms with Gasteiger partial charge in [-0.25, -0.2) is 18.0 Å². The van der Waals surface area contributed by atoms with E-state index in [2.05, 4.69) is 20.9 Å². The van der Waals surface area contributed by atoms with Crippen molar-refractivity contribution in [1.29, 1.82) is 0 Å². The van der Waals surface area contributed by atoms with E-state index in [9.17, 15) is 35.9 Å². The summed E-state index contributed by atoms with van der Waals surface area (Å²) in [4.78, 5) is 29.0. The second-order valence-electron chi connectivity index (χ2n) is 10.7. The SMILES string of the molecule is CNC(C(=O)Nc1cncc(F)c1CCC1CNC(COC(=O)NCC(F)(F)F)CO1)C(c1ccc(F)cc1)c1ccc(F)cc1. The first-order chi connectivity index (χ1) is 21.9. The van der Waals surface area contributed by atoms with Crippen molar-refractivity contribution in [2.24, 2.45) is 0 Å². The molecule has 3 aromatic rings. The number of alkyl halides is 3. The predicted molar refractivity (Wildman–Crippen MR) is 156 cm³/mol. The first-order valence-corrected chi connectivity index (χ1v) is 14.4. The second kappa shape index (κ2) is 15.9. The zero-order valence-corrected chi connectivity index (χ0v) is 24.7. The molecule has 9 nitrogen and oxygen atoms in total. The fourth-order valence-electron chi connectivity index (χ4n) is 5.07. The number of hydrogen-bond acceptors (Lipinski definition) is 7. The number of likely N-dealkylation sites (N-methyl/N-ethyl adjacent to an activating group) is 1. The summed E-state index contributed by atoms with van der Waals surface area (Å²) in [5, 5.41) is 10.4. The third-order valence-electron chi connectivity index (χ3n) is 7.38. The fraction of sp³-hybridized carbons (Fsp3) is 0.387. The van der Waals surface area contributed by atoms with E-state index in [1.807, 2.05) is 0 Å². The lowest BCUT2D eigenvalue weighted by molar-refractivity contribution is -0.124. The Bertz CT molecular complexity index is 1410. The molecule has 1 saturated heterocycles. The number of carbonyl (C=O) groups excluding carboxylic acids is 2. The van der Waals surface area contributed by atoms with Gasteiger partial charge >= 0.3 is 12.3 Å². The number of ether oxygens (including phenoxy) is 2. The third kappa shape index (κ3) is 9.89. The molecule has 3 unspecified atom stereocenters. The van der Waals surface area contributed by atoms with Crippen molar-refractivity contribution < 1.29 is 45.4 Å². The minimum absolute atomic E-state index is 0.0949. The van der Waals surface area contributed by atoms with Crippen molar-refractivity contribution in [2.75, 3.05) is 38.7 Å². The molecular formula is C31H33F6N5O4. The Morgan fingerprint density at radius 3 is 2.20 bits per heavy atom. The maximum absolute atomic E-state index is 15.0. The molecule has 4 rings (SSSR count). The highest BCUT2D eigenvalue weighted by Gasteiger charge is 2.32. The summed E-state index contributed by atoms with van der Waals surface area (Å²) in [5.74, 6) is -2.77. The number of nitrogens with zero attached hydrogens (tertiary/aromatic N) is 1. The molecule has 0 bridgehead atoms. The van der Waals surface area contributed by atoms with Crippen LogP contribution in [0, 0.1) is 17.5 Å². The molecule has 0 spiro atoms. The van der Waals surface area contributed by atoms with Crippen molar-refractivity contribution in [3.05, 3.63) is 95.1 Å². The van der Waals surface area contributed by atoms with Gasteiger partial charge in [-0.3, -0.25) is 9.78 Å². The van der Waals surface area contributed by atoms with Gasteiger partial charge in [0.2, 0.25) is 5.91 Å². The van der Waals surface area contributed by atoms with Gasteiger partial charge in [0.1, 0.15) is 30.6 Å². The highest BCUT2D eigenvalue weighted by Crippen LogP contribution is 2.30. The standard InChI is InChI=1S/C31H33F6N5O4/c1-38-28(27(18-2-6-20(32)7-3-18)19-4-8-21(33)9-5-19)29(43)42-26-14-39-13-25(34)24(26)11-10-23-12-40-22(15-45-23)16-46-30(44)41-17-31(35,36)37/h2-9,13-14,22-23,27-28,38,40H,10-12,15-17H2,1H3,(H,41,44)(H,42,43). The van der Waals surface area contributed by atoms with Crippen LogP contribution in [0.1, 0.15) is 29.0 Å². The van der Waals surface area contributed by atoms with Gasteiger partial charge in [-0.1, -0.05) is 24.3 Å². The Hall–Kier alpha value is -4.21.